The predicted octanol–water partition coefficient (Wildman–Crippen LogP) is 5.69. The number of anilines is 1. The lowest BCUT2D eigenvalue weighted by Gasteiger charge is -2.32. The van der Waals surface area contributed by atoms with Crippen molar-refractivity contribution >= 4 is 35.0 Å². The average molecular weight is 553 g/mol. The Morgan fingerprint density at radius 3 is 2.28 bits per heavy atom. The molecule has 3 aromatic rings. The molecule has 3 aromatic carbocycles. The highest BCUT2D eigenvalue weighted by Crippen LogP contribution is 2.31. The highest BCUT2D eigenvalue weighted by atomic mass is 32.2. The van der Waals surface area contributed by atoms with Gasteiger partial charge in [-0.15, -0.1) is 11.8 Å². The van der Waals surface area contributed by atoms with E-state index in [1.54, 1.807) is 30.3 Å². The minimum Gasteiger partial charge on any atom is -0.378 e. The lowest BCUT2D eigenvalue weighted by Crippen LogP contribution is -2.45. The number of piperazine rings is 1. The molecule has 1 heterocycles. The monoisotopic (exact) mass is 552 g/mol. The Labute approximate surface area is 230 Å². The second-order valence-electron chi connectivity index (χ2n) is 9.37. The molecular weight excluding hydrogens is 522 g/mol. The fraction of sp³-hybridized carbons (Fsp3) is 0.276. The molecule has 10 heteroatoms. The maximum atomic E-state index is 13.4. The summed E-state index contributed by atoms with van der Waals surface area (Å²) in [6.07, 6.45) is 1.60. The number of halogens is 2. The van der Waals surface area contributed by atoms with Crippen LogP contribution in [-0.4, -0.2) is 66.8 Å². The van der Waals surface area contributed by atoms with Crippen molar-refractivity contribution in [3.63, 3.8) is 0 Å². The second kappa shape index (κ2) is 13.5. The molecule has 0 unspecified atom stereocenters. The van der Waals surface area contributed by atoms with Gasteiger partial charge in [0, 0.05) is 56.7 Å². The highest BCUT2D eigenvalue weighted by molar-refractivity contribution is 8.03. The Bertz CT molecular complexity index is 1330. The lowest BCUT2D eigenvalue weighted by molar-refractivity contribution is -0.384. The number of likely N-dealkylation sites (N-methyl/N-ethyl adjacent to an activating group) is 1. The van der Waals surface area contributed by atoms with E-state index >= 15 is 0 Å². The van der Waals surface area contributed by atoms with Crippen molar-refractivity contribution in [2.75, 3.05) is 51.6 Å². The van der Waals surface area contributed by atoms with Crippen LogP contribution in [0.3, 0.4) is 0 Å². The van der Waals surface area contributed by atoms with Gasteiger partial charge in [0.15, 0.2) is 5.78 Å². The van der Waals surface area contributed by atoms with E-state index in [1.165, 1.54) is 54.2 Å². The zero-order valence-corrected chi connectivity index (χ0v) is 22.4. The first-order chi connectivity index (χ1) is 18.8. The third-order valence-electron chi connectivity index (χ3n) is 6.49. The number of rotatable bonds is 11. The average Bonchev–Trinajstić information content (AvgIpc) is 2.93. The molecule has 1 aliphatic heterocycles. The van der Waals surface area contributed by atoms with Gasteiger partial charge >= 0.3 is 0 Å². The molecular formula is C29H30F2N4O3S. The fourth-order valence-electron chi connectivity index (χ4n) is 4.17. The van der Waals surface area contributed by atoms with E-state index in [0.29, 0.717) is 34.0 Å². The van der Waals surface area contributed by atoms with Crippen LogP contribution in [-0.2, 0) is 5.75 Å². The van der Waals surface area contributed by atoms with Gasteiger partial charge in [-0.2, -0.15) is 0 Å². The van der Waals surface area contributed by atoms with Gasteiger partial charge in [0.2, 0.25) is 0 Å². The molecule has 0 spiro atoms. The first-order valence-electron chi connectivity index (χ1n) is 12.6. The van der Waals surface area contributed by atoms with E-state index in [1.807, 2.05) is 0 Å². The van der Waals surface area contributed by atoms with Crippen molar-refractivity contribution in [1.29, 1.82) is 0 Å². The number of nitrogens with zero attached hydrogens (tertiary/aromatic N) is 3. The zero-order chi connectivity index (χ0) is 27.8. The Hall–Kier alpha value is -3.60. The molecule has 4 rings (SSSR count). The van der Waals surface area contributed by atoms with E-state index in [9.17, 15) is 23.7 Å². The zero-order valence-electron chi connectivity index (χ0n) is 21.6. The number of benzene rings is 3. The Kier molecular flexibility index (Phi) is 9.80. The predicted molar refractivity (Wildman–Crippen MR) is 152 cm³/mol. The molecule has 1 saturated heterocycles. The Balaban J connectivity index is 1.53. The number of carbonyl (C=O) groups is 1. The molecule has 0 amide bonds. The summed E-state index contributed by atoms with van der Waals surface area (Å²) < 4.78 is 26.7. The molecule has 0 radical (unpaired) electrons. The van der Waals surface area contributed by atoms with Crippen LogP contribution in [0.5, 0.6) is 0 Å². The maximum absolute atomic E-state index is 13.4. The summed E-state index contributed by atoms with van der Waals surface area (Å²) in [5.74, 6) is -0.763. The van der Waals surface area contributed by atoms with Gasteiger partial charge in [-0.1, -0.05) is 18.2 Å². The number of nitrogens with one attached hydrogen (secondary N) is 1. The van der Waals surface area contributed by atoms with E-state index in [-0.39, 0.29) is 17.3 Å². The number of carbonyl (C=O) groups excluding carboxylic acids is 1. The fourth-order valence-corrected chi connectivity index (χ4v) is 5.15. The summed E-state index contributed by atoms with van der Waals surface area (Å²) in [4.78, 5) is 29.7. The number of ketones is 1. The van der Waals surface area contributed by atoms with Gasteiger partial charge in [-0.25, -0.2) is 8.78 Å². The second-order valence-corrected chi connectivity index (χ2v) is 10.4. The Morgan fingerprint density at radius 2 is 1.64 bits per heavy atom. The van der Waals surface area contributed by atoms with E-state index in [2.05, 4.69) is 22.2 Å². The van der Waals surface area contributed by atoms with Crippen LogP contribution < -0.4 is 5.32 Å². The van der Waals surface area contributed by atoms with E-state index in [0.717, 1.165) is 38.3 Å². The largest absolute Gasteiger partial charge is 0.378 e. The number of allylic oxidation sites excluding steroid dienone is 1. The van der Waals surface area contributed by atoms with Crippen molar-refractivity contribution < 1.29 is 18.5 Å². The standard InChI is InChI=1S/C29H30F2N4O3S/c1-33-14-16-34(17-15-33)13-12-32-26-11-4-22(18-27(26)35(37)38)19-28(29(36)23-5-9-25(31)10-6-23)39-20-21-2-7-24(30)8-3-21/h2-11,18-19,32H,12-17,20H2,1H3. The molecule has 0 aromatic heterocycles. The number of hydrogen-bond acceptors (Lipinski definition) is 7. The first-order valence-corrected chi connectivity index (χ1v) is 13.6. The summed E-state index contributed by atoms with van der Waals surface area (Å²) in [5, 5.41) is 15.1. The summed E-state index contributed by atoms with van der Waals surface area (Å²) in [5.41, 5.74) is 1.93. The summed E-state index contributed by atoms with van der Waals surface area (Å²) in [7, 11) is 2.09. The lowest BCUT2D eigenvalue weighted by atomic mass is 10.1. The number of nitro benzene ring substituents is 1. The van der Waals surface area contributed by atoms with Crippen molar-refractivity contribution in [3.05, 3.63) is 110 Å². The van der Waals surface area contributed by atoms with Crippen molar-refractivity contribution in [3.8, 4) is 0 Å². The van der Waals surface area contributed by atoms with Crippen molar-refractivity contribution in [2.45, 2.75) is 5.75 Å². The van der Waals surface area contributed by atoms with E-state index < -0.39 is 10.7 Å². The van der Waals surface area contributed by atoms with Crippen molar-refractivity contribution in [2.24, 2.45) is 0 Å². The van der Waals surface area contributed by atoms with Gasteiger partial charge in [0.1, 0.15) is 17.3 Å². The van der Waals surface area contributed by atoms with Gasteiger partial charge in [-0.05, 0) is 66.7 Å². The van der Waals surface area contributed by atoms with Gasteiger partial charge in [0.05, 0.1) is 9.83 Å². The SMILES string of the molecule is CN1CCN(CCNc2ccc(C=C(SCc3ccc(F)cc3)C(=O)c3ccc(F)cc3)cc2[N+](=O)[O-])CC1. The van der Waals surface area contributed by atoms with Gasteiger partial charge in [-0.3, -0.25) is 19.8 Å². The molecule has 0 aliphatic carbocycles. The molecule has 39 heavy (non-hydrogen) atoms. The van der Waals surface area contributed by atoms with Crippen molar-refractivity contribution in [1.82, 2.24) is 9.80 Å². The Morgan fingerprint density at radius 1 is 1.00 bits per heavy atom. The number of thioether (sulfide) groups is 1. The smallest absolute Gasteiger partial charge is 0.292 e. The normalized spacial score (nSPS) is 14.8. The molecule has 1 N–H and O–H groups in total. The third kappa shape index (κ3) is 8.19. The molecule has 0 bridgehead atoms. The van der Waals surface area contributed by atoms with Crippen LogP contribution >= 0.6 is 11.8 Å². The molecule has 7 nitrogen and oxygen atoms in total. The third-order valence-corrected chi connectivity index (χ3v) is 7.59. The van der Waals surface area contributed by atoms with Crippen LogP contribution in [0, 0.1) is 21.7 Å². The van der Waals surface area contributed by atoms with Crippen LogP contribution in [0.2, 0.25) is 0 Å². The molecule has 204 valence electrons. The number of Topliss-reactive ketones (excluding diaryl/α,β-unsaturated/α-hetero) is 1. The summed E-state index contributed by atoms with van der Waals surface area (Å²) >= 11 is 1.23. The summed E-state index contributed by atoms with van der Waals surface area (Å²) in [6, 6.07) is 16.0. The number of hydrogen-bond donors (Lipinski definition) is 1. The van der Waals surface area contributed by atoms with Gasteiger partial charge < -0.3 is 10.2 Å². The number of nitro groups is 1. The summed E-state index contributed by atoms with van der Waals surface area (Å²) in [6.45, 7) is 5.28. The topological polar surface area (TPSA) is 78.7 Å². The highest BCUT2D eigenvalue weighted by Gasteiger charge is 2.18. The minimum atomic E-state index is -0.456. The van der Waals surface area contributed by atoms with E-state index in [4.69, 9.17) is 0 Å². The molecule has 0 saturated carbocycles. The minimum absolute atomic E-state index is 0.0840. The quantitative estimate of drug-likeness (QED) is 0.142. The maximum Gasteiger partial charge on any atom is 0.292 e. The van der Waals surface area contributed by atoms with Crippen LogP contribution in [0.1, 0.15) is 21.5 Å². The van der Waals surface area contributed by atoms with Crippen LogP contribution in [0.4, 0.5) is 20.2 Å². The first kappa shape index (κ1) is 28.4. The molecule has 1 fully saturated rings. The molecule has 0 atom stereocenters. The van der Waals surface area contributed by atoms with Crippen LogP contribution in [0.25, 0.3) is 6.08 Å². The molecule has 1 aliphatic rings. The van der Waals surface area contributed by atoms with Crippen LogP contribution in [0.15, 0.2) is 71.6 Å². The van der Waals surface area contributed by atoms with Gasteiger partial charge in [0.25, 0.3) is 5.69 Å².